The van der Waals surface area contributed by atoms with Crippen LogP contribution in [0.3, 0.4) is 0 Å². The van der Waals surface area contributed by atoms with Crippen LogP contribution < -0.4 is 24.6 Å². The number of rotatable bonds is 10. The number of likely N-dealkylation sites (tertiary alicyclic amines) is 1. The number of hydrogen-bond acceptors (Lipinski definition) is 8. The van der Waals surface area contributed by atoms with Crippen molar-refractivity contribution >= 4 is 11.0 Å². The zero-order valence-corrected chi connectivity index (χ0v) is 20.3. The van der Waals surface area contributed by atoms with E-state index in [0.717, 1.165) is 43.5 Å². The van der Waals surface area contributed by atoms with E-state index in [1.807, 2.05) is 24.3 Å². The summed E-state index contributed by atoms with van der Waals surface area (Å²) in [5, 5.41) is 0. The van der Waals surface area contributed by atoms with Crippen molar-refractivity contribution in [3.8, 4) is 29.0 Å². The molecule has 1 N–H and O–H groups in total. The smallest absolute Gasteiger partial charge is 0.326 e. The van der Waals surface area contributed by atoms with E-state index in [1.165, 1.54) is 6.20 Å². The van der Waals surface area contributed by atoms with Crippen LogP contribution in [0.25, 0.3) is 11.0 Å². The molecule has 0 bridgehead atoms. The van der Waals surface area contributed by atoms with E-state index in [9.17, 15) is 4.79 Å². The molecule has 0 aliphatic carbocycles. The molecule has 1 atom stereocenters. The van der Waals surface area contributed by atoms with E-state index >= 15 is 0 Å². The largest absolute Gasteiger partial charge is 0.493 e. The molecule has 0 amide bonds. The second-order valence-corrected chi connectivity index (χ2v) is 8.60. The fourth-order valence-corrected chi connectivity index (χ4v) is 4.49. The lowest BCUT2D eigenvalue weighted by molar-refractivity contribution is 0.189. The van der Waals surface area contributed by atoms with Gasteiger partial charge in [-0.15, -0.1) is 0 Å². The first kappa shape index (κ1) is 23.7. The Hall–Kier alpha value is -4.05. The summed E-state index contributed by atoms with van der Waals surface area (Å²) in [5.41, 5.74) is 1.75. The van der Waals surface area contributed by atoms with Crippen LogP contribution >= 0.6 is 0 Å². The fourth-order valence-electron chi connectivity index (χ4n) is 4.49. The molecular formula is C26H29N5O5. The zero-order chi connectivity index (χ0) is 24.9. The van der Waals surface area contributed by atoms with Gasteiger partial charge in [0.15, 0.2) is 11.5 Å². The Kier molecular flexibility index (Phi) is 7.03. The van der Waals surface area contributed by atoms with Crippen LogP contribution in [0.5, 0.6) is 29.0 Å². The third-order valence-corrected chi connectivity index (χ3v) is 6.22. The number of methoxy groups -OCH3 is 2. The Balaban J connectivity index is 1.13. The molecule has 10 heteroatoms. The van der Waals surface area contributed by atoms with Crippen LogP contribution in [0.1, 0.15) is 12.8 Å². The van der Waals surface area contributed by atoms with Gasteiger partial charge in [0.25, 0.3) is 0 Å². The number of H-pyrrole nitrogens is 1. The lowest BCUT2D eigenvalue weighted by Crippen LogP contribution is -2.27. The van der Waals surface area contributed by atoms with E-state index < -0.39 is 0 Å². The number of ether oxygens (including phenoxy) is 4. The van der Waals surface area contributed by atoms with Gasteiger partial charge < -0.3 is 23.9 Å². The molecule has 1 saturated heterocycles. The highest BCUT2D eigenvalue weighted by Gasteiger charge is 2.24. The Morgan fingerprint density at radius 2 is 1.86 bits per heavy atom. The molecule has 2 aromatic heterocycles. The third kappa shape index (κ3) is 5.28. The molecule has 0 saturated carbocycles. The topological polar surface area (TPSA) is 104 Å². The van der Waals surface area contributed by atoms with Crippen LogP contribution in [-0.4, -0.2) is 64.4 Å². The van der Waals surface area contributed by atoms with Gasteiger partial charge in [-0.1, -0.05) is 12.1 Å². The first-order valence-electron chi connectivity index (χ1n) is 11.9. The lowest BCUT2D eigenvalue weighted by atomic mass is 10.3. The standard InChI is InChI=1S/C26H29N5O5/c1-33-22-9-8-18(14-23(22)34-2)35-24-15-27-16-25(29-24)36-19-10-13-30(17-19)11-5-12-31-21-7-4-3-6-20(21)28-26(31)32/h3-4,6-9,14-16,19H,5,10-13,17H2,1-2H3,(H,28,32). The Bertz CT molecular complexity index is 1380. The van der Waals surface area contributed by atoms with Gasteiger partial charge >= 0.3 is 5.69 Å². The SMILES string of the molecule is COc1ccc(Oc2cncc(OC3CCN(CCCn4c(=O)[nH]c5ccccc54)C3)n2)cc1OC. The van der Waals surface area contributed by atoms with Crippen molar-refractivity contribution in [2.75, 3.05) is 33.9 Å². The molecule has 2 aromatic carbocycles. The number of nitrogens with zero attached hydrogens (tertiary/aromatic N) is 4. The summed E-state index contributed by atoms with van der Waals surface area (Å²) in [4.78, 5) is 26.2. The number of fused-ring (bicyclic) bond motifs is 1. The molecule has 188 valence electrons. The number of para-hydroxylation sites is 2. The van der Waals surface area contributed by atoms with Gasteiger partial charge in [0.05, 0.1) is 37.6 Å². The quantitative estimate of drug-likeness (QED) is 0.360. The summed E-state index contributed by atoms with van der Waals surface area (Å²) in [5.74, 6) is 2.49. The number of aromatic amines is 1. The monoisotopic (exact) mass is 491 g/mol. The van der Waals surface area contributed by atoms with Crippen molar-refractivity contribution in [1.82, 2.24) is 24.4 Å². The average Bonchev–Trinajstić information content (AvgIpc) is 3.47. The van der Waals surface area contributed by atoms with Crippen LogP contribution in [-0.2, 0) is 6.54 Å². The minimum atomic E-state index is -0.0624. The molecule has 4 aromatic rings. The highest BCUT2D eigenvalue weighted by Crippen LogP contribution is 2.33. The molecule has 3 heterocycles. The maximum atomic E-state index is 12.3. The van der Waals surface area contributed by atoms with Crippen molar-refractivity contribution in [1.29, 1.82) is 0 Å². The van der Waals surface area contributed by atoms with Crippen LogP contribution in [0.4, 0.5) is 0 Å². The molecule has 1 unspecified atom stereocenters. The van der Waals surface area contributed by atoms with Crippen molar-refractivity contribution in [2.24, 2.45) is 0 Å². The summed E-state index contributed by atoms with van der Waals surface area (Å²) in [6.45, 7) is 3.29. The van der Waals surface area contributed by atoms with Crippen LogP contribution in [0.15, 0.2) is 59.7 Å². The number of aromatic nitrogens is 4. The predicted octanol–water partition coefficient (Wildman–Crippen LogP) is 3.47. The molecule has 0 radical (unpaired) electrons. The molecular weight excluding hydrogens is 462 g/mol. The van der Waals surface area contributed by atoms with Gasteiger partial charge in [-0.25, -0.2) is 4.79 Å². The Labute approximate surface area is 208 Å². The van der Waals surface area contributed by atoms with E-state index in [-0.39, 0.29) is 11.8 Å². The number of benzene rings is 2. The summed E-state index contributed by atoms with van der Waals surface area (Å²) < 4.78 is 24.3. The Morgan fingerprint density at radius 3 is 2.72 bits per heavy atom. The van der Waals surface area contributed by atoms with Gasteiger partial charge in [-0.2, -0.15) is 4.98 Å². The maximum Gasteiger partial charge on any atom is 0.326 e. The van der Waals surface area contributed by atoms with Crippen molar-refractivity contribution in [2.45, 2.75) is 25.5 Å². The minimum Gasteiger partial charge on any atom is -0.493 e. The number of aryl methyl sites for hydroxylation is 1. The molecule has 0 spiro atoms. The van der Waals surface area contributed by atoms with Gasteiger partial charge in [-0.05, 0) is 43.7 Å². The van der Waals surface area contributed by atoms with Gasteiger partial charge in [-0.3, -0.25) is 14.5 Å². The number of imidazole rings is 1. The predicted molar refractivity (Wildman–Crippen MR) is 134 cm³/mol. The molecule has 10 nitrogen and oxygen atoms in total. The number of nitrogens with one attached hydrogen (secondary N) is 1. The van der Waals surface area contributed by atoms with E-state index in [1.54, 1.807) is 43.2 Å². The third-order valence-electron chi connectivity index (χ3n) is 6.22. The fraction of sp³-hybridized carbons (Fsp3) is 0.346. The zero-order valence-electron chi connectivity index (χ0n) is 20.3. The molecule has 5 rings (SSSR count). The summed E-state index contributed by atoms with van der Waals surface area (Å²) in [6, 6.07) is 13.0. The Morgan fingerprint density at radius 1 is 1.03 bits per heavy atom. The average molecular weight is 492 g/mol. The van der Waals surface area contributed by atoms with Crippen molar-refractivity contribution in [3.05, 3.63) is 65.3 Å². The van der Waals surface area contributed by atoms with E-state index in [0.29, 0.717) is 35.6 Å². The molecule has 1 aliphatic heterocycles. The highest BCUT2D eigenvalue weighted by atomic mass is 16.5. The highest BCUT2D eigenvalue weighted by molar-refractivity contribution is 5.74. The van der Waals surface area contributed by atoms with E-state index in [4.69, 9.17) is 18.9 Å². The van der Waals surface area contributed by atoms with Gasteiger partial charge in [0.2, 0.25) is 11.8 Å². The normalized spacial score (nSPS) is 15.8. The lowest BCUT2D eigenvalue weighted by Gasteiger charge is -2.17. The second kappa shape index (κ2) is 10.7. The second-order valence-electron chi connectivity index (χ2n) is 8.60. The van der Waals surface area contributed by atoms with Crippen LogP contribution in [0, 0.1) is 0 Å². The van der Waals surface area contributed by atoms with Crippen molar-refractivity contribution < 1.29 is 18.9 Å². The minimum absolute atomic E-state index is 0.0199. The first-order valence-corrected chi connectivity index (χ1v) is 11.9. The summed E-state index contributed by atoms with van der Waals surface area (Å²) in [6.07, 6.45) is 4.93. The van der Waals surface area contributed by atoms with Gasteiger partial charge in [0, 0.05) is 25.7 Å². The maximum absolute atomic E-state index is 12.3. The summed E-state index contributed by atoms with van der Waals surface area (Å²) in [7, 11) is 3.16. The summed E-state index contributed by atoms with van der Waals surface area (Å²) >= 11 is 0. The molecule has 1 fully saturated rings. The molecule has 1 aliphatic rings. The van der Waals surface area contributed by atoms with E-state index in [2.05, 4.69) is 19.9 Å². The number of hydrogen-bond donors (Lipinski definition) is 1. The molecule has 36 heavy (non-hydrogen) atoms. The van der Waals surface area contributed by atoms with Gasteiger partial charge in [0.1, 0.15) is 11.9 Å². The first-order chi connectivity index (χ1) is 17.6. The van der Waals surface area contributed by atoms with Crippen LogP contribution in [0.2, 0.25) is 0 Å². The van der Waals surface area contributed by atoms with Crippen molar-refractivity contribution in [3.63, 3.8) is 0 Å².